The molecule has 8 nitrogen and oxygen atoms in total. The van der Waals surface area contributed by atoms with Gasteiger partial charge in [0.1, 0.15) is 11.3 Å². The highest BCUT2D eigenvalue weighted by atomic mass is 35.5. The van der Waals surface area contributed by atoms with Gasteiger partial charge in [0.25, 0.3) is 5.91 Å². The smallest absolute Gasteiger partial charge is 0.349 e. The standard InChI is InChI=1S/C17H12ClF8N7O/c1-31-14(10(16(21,22)23)11(29-31)15(19,20)17(24,25)26)33-5-8(4-27-33)32-6-9(12(18)30-32)13(34)28-7-2-3-7/h4-7H,2-3H2,1H3,(H,28,34). The van der Waals surface area contributed by atoms with Crippen molar-refractivity contribution in [2.75, 3.05) is 0 Å². The molecular formula is C17H12ClF8N7O. The van der Waals surface area contributed by atoms with Crippen molar-refractivity contribution in [3.63, 3.8) is 0 Å². The highest BCUT2D eigenvalue weighted by molar-refractivity contribution is 6.32. The van der Waals surface area contributed by atoms with E-state index in [4.69, 9.17) is 11.6 Å². The molecule has 0 radical (unpaired) electrons. The fourth-order valence-electron chi connectivity index (χ4n) is 3.07. The predicted molar refractivity (Wildman–Crippen MR) is 97.9 cm³/mol. The normalized spacial score (nSPS) is 15.1. The molecule has 0 bridgehead atoms. The summed E-state index contributed by atoms with van der Waals surface area (Å²) < 4.78 is 109. The molecule has 3 heterocycles. The Labute approximate surface area is 189 Å². The number of carbonyl (C=O) groups excluding carboxylic acids is 1. The lowest BCUT2D eigenvalue weighted by Crippen LogP contribution is -2.36. The van der Waals surface area contributed by atoms with Crippen LogP contribution in [-0.2, 0) is 19.1 Å². The highest BCUT2D eigenvalue weighted by Crippen LogP contribution is 2.49. The third-order valence-corrected chi connectivity index (χ3v) is 5.11. The van der Waals surface area contributed by atoms with Crippen molar-refractivity contribution in [1.82, 2.24) is 34.7 Å². The maximum Gasteiger partial charge on any atom is 0.459 e. The van der Waals surface area contributed by atoms with E-state index in [9.17, 15) is 39.9 Å². The van der Waals surface area contributed by atoms with Gasteiger partial charge in [0.2, 0.25) is 0 Å². The van der Waals surface area contributed by atoms with Crippen LogP contribution >= 0.6 is 11.6 Å². The van der Waals surface area contributed by atoms with Crippen LogP contribution in [0.5, 0.6) is 0 Å². The van der Waals surface area contributed by atoms with Gasteiger partial charge in [-0.25, -0.2) is 14.0 Å². The quantitative estimate of drug-likeness (QED) is 0.519. The van der Waals surface area contributed by atoms with E-state index in [1.54, 1.807) is 0 Å². The average Bonchev–Trinajstić information content (AvgIpc) is 3.10. The van der Waals surface area contributed by atoms with Gasteiger partial charge in [-0.3, -0.25) is 4.79 Å². The van der Waals surface area contributed by atoms with Crippen LogP contribution < -0.4 is 5.32 Å². The first kappa shape index (κ1) is 24.0. The minimum absolute atomic E-state index is 0.00400. The maximum absolute atomic E-state index is 13.9. The Kier molecular flexibility index (Phi) is 5.41. The molecule has 0 saturated heterocycles. The number of nitrogens with zero attached hydrogens (tertiary/aromatic N) is 6. The van der Waals surface area contributed by atoms with Gasteiger partial charge in [-0.1, -0.05) is 11.6 Å². The van der Waals surface area contributed by atoms with Gasteiger partial charge in [-0.2, -0.15) is 50.4 Å². The molecular weight excluding hydrogens is 506 g/mol. The molecule has 0 atom stereocenters. The summed E-state index contributed by atoms with van der Waals surface area (Å²) in [6.07, 6.45) is -7.38. The molecule has 184 valence electrons. The molecule has 34 heavy (non-hydrogen) atoms. The van der Waals surface area contributed by atoms with Crippen LogP contribution in [0.15, 0.2) is 18.6 Å². The Bertz CT molecular complexity index is 1250. The van der Waals surface area contributed by atoms with E-state index < -0.39 is 41.3 Å². The number of rotatable bonds is 5. The summed E-state index contributed by atoms with van der Waals surface area (Å²) in [4.78, 5) is 12.2. The molecule has 3 aromatic heterocycles. The van der Waals surface area contributed by atoms with Gasteiger partial charge < -0.3 is 5.32 Å². The maximum atomic E-state index is 13.9. The van der Waals surface area contributed by atoms with Gasteiger partial charge in [-0.15, -0.1) is 0 Å². The monoisotopic (exact) mass is 517 g/mol. The lowest BCUT2D eigenvalue weighted by atomic mass is 10.1. The predicted octanol–water partition coefficient (Wildman–Crippen LogP) is 4.01. The van der Waals surface area contributed by atoms with Crippen molar-refractivity contribution < 1.29 is 39.9 Å². The highest BCUT2D eigenvalue weighted by Gasteiger charge is 2.64. The minimum atomic E-state index is -6.32. The van der Waals surface area contributed by atoms with Crippen LogP contribution in [-0.4, -0.2) is 47.5 Å². The summed E-state index contributed by atoms with van der Waals surface area (Å²) in [5.74, 6) is -7.61. The van der Waals surface area contributed by atoms with Crippen molar-refractivity contribution in [3.8, 4) is 11.5 Å². The fraction of sp³-hybridized carbons (Fsp3) is 0.412. The lowest BCUT2D eigenvalue weighted by molar-refractivity contribution is -0.292. The largest absolute Gasteiger partial charge is 0.459 e. The van der Waals surface area contributed by atoms with Gasteiger partial charge in [0.05, 0.1) is 18.0 Å². The average molecular weight is 518 g/mol. The summed E-state index contributed by atoms with van der Waals surface area (Å²) in [6.45, 7) is 0. The van der Waals surface area contributed by atoms with Gasteiger partial charge in [0, 0.05) is 19.3 Å². The number of aryl methyl sites for hydroxylation is 1. The first-order valence-corrected chi connectivity index (χ1v) is 9.69. The van der Waals surface area contributed by atoms with Crippen LogP contribution in [0.1, 0.15) is 34.5 Å². The van der Waals surface area contributed by atoms with Gasteiger partial charge in [-0.05, 0) is 12.8 Å². The Morgan fingerprint density at radius 1 is 1.06 bits per heavy atom. The summed E-state index contributed by atoms with van der Waals surface area (Å²) in [5, 5.41) is 12.7. The van der Waals surface area contributed by atoms with Crippen molar-refractivity contribution in [2.45, 2.75) is 37.2 Å². The third-order valence-electron chi connectivity index (χ3n) is 4.83. The van der Waals surface area contributed by atoms with Crippen molar-refractivity contribution in [3.05, 3.63) is 40.6 Å². The number of carbonyl (C=O) groups is 1. The second-order valence-electron chi connectivity index (χ2n) is 7.41. The summed E-state index contributed by atoms with van der Waals surface area (Å²) in [7, 11) is 0.757. The van der Waals surface area contributed by atoms with E-state index in [1.807, 2.05) is 0 Å². The Morgan fingerprint density at radius 3 is 2.26 bits per heavy atom. The van der Waals surface area contributed by atoms with Gasteiger partial charge >= 0.3 is 18.3 Å². The van der Waals surface area contributed by atoms with Crippen LogP contribution in [0.25, 0.3) is 11.5 Å². The second kappa shape index (κ2) is 7.68. The van der Waals surface area contributed by atoms with Gasteiger partial charge in [0.15, 0.2) is 16.7 Å². The van der Waals surface area contributed by atoms with E-state index >= 15 is 0 Å². The number of aromatic nitrogens is 6. The zero-order valence-electron chi connectivity index (χ0n) is 16.7. The summed E-state index contributed by atoms with van der Waals surface area (Å²) >= 11 is 5.95. The van der Waals surface area contributed by atoms with Crippen LogP contribution in [0.2, 0.25) is 5.15 Å². The van der Waals surface area contributed by atoms with E-state index in [-0.39, 0.29) is 27.1 Å². The van der Waals surface area contributed by atoms with E-state index in [0.29, 0.717) is 4.68 Å². The molecule has 4 rings (SSSR count). The second-order valence-corrected chi connectivity index (χ2v) is 7.77. The fourth-order valence-corrected chi connectivity index (χ4v) is 3.28. The molecule has 3 aromatic rings. The summed E-state index contributed by atoms with van der Waals surface area (Å²) in [5.41, 5.74) is -4.92. The van der Waals surface area contributed by atoms with Crippen LogP contribution in [0.4, 0.5) is 35.1 Å². The molecule has 17 heteroatoms. The molecule has 1 saturated carbocycles. The van der Waals surface area contributed by atoms with Crippen LogP contribution in [0.3, 0.4) is 0 Å². The number of hydrogen-bond donors (Lipinski definition) is 1. The number of amides is 1. The minimum Gasteiger partial charge on any atom is -0.349 e. The lowest BCUT2D eigenvalue weighted by Gasteiger charge is -2.19. The number of alkyl halides is 8. The molecule has 1 aliphatic carbocycles. The number of nitrogens with one attached hydrogen (secondary N) is 1. The molecule has 1 aliphatic rings. The Morgan fingerprint density at radius 2 is 1.71 bits per heavy atom. The molecule has 0 spiro atoms. The number of hydrogen-bond acceptors (Lipinski definition) is 4. The Hall–Kier alpha value is -3.17. The zero-order chi connectivity index (χ0) is 25.2. The van der Waals surface area contributed by atoms with Crippen LogP contribution in [0, 0.1) is 0 Å². The number of halogens is 9. The Balaban J connectivity index is 1.77. The van der Waals surface area contributed by atoms with Crippen molar-refractivity contribution in [1.29, 1.82) is 0 Å². The molecule has 0 unspecified atom stereocenters. The SMILES string of the molecule is Cn1nc(C(F)(F)C(F)(F)F)c(C(F)(F)F)c1-n1cc(-n2cc(C(=O)NC3CC3)c(Cl)n2)cn1. The first-order chi connectivity index (χ1) is 15.6. The summed E-state index contributed by atoms with van der Waals surface area (Å²) in [6, 6.07) is 0.00400. The topological polar surface area (TPSA) is 82.6 Å². The molecule has 0 aromatic carbocycles. The van der Waals surface area contributed by atoms with E-state index in [2.05, 4.69) is 20.6 Å². The zero-order valence-corrected chi connectivity index (χ0v) is 17.5. The van der Waals surface area contributed by atoms with Crippen molar-refractivity contribution in [2.24, 2.45) is 7.05 Å². The molecule has 1 amide bonds. The third kappa shape index (κ3) is 4.10. The van der Waals surface area contributed by atoms with E-state index in [0.717, 1.165) is 37.0 Å². The molecule has 0 aliphatic heterocycles. The molecule has 1 fully saturated rings. The molecule has 1 N–H and O–H groups in total. The van der Waals surface area contributed by atoms with Crippen molar-refractivity contribution >= 4 is 17.5 Å². The van der Waals surface area contributed by atoms with E-state index in [1.165, 1.54) is 6.20 Å². The first-order valence-electron chi connectivity index (χ1n) is 9.32.